The first-order chi connectivity index (χ1) is 17.4. The van der Waals surface area contributed by atoms with Gasteiger partial charge in [-0.05, 0) is 37.5 Å². The third kappa shape index (κ3) is 6.12. The van der Waals surface area contributed by atoms with Crippen LogP contribution in [0.2, 0.25) is 5.02 Å². The van der Waals surface area contributed by atoms with Crippen molar-refractivity contribution in [3.63, 3.8) is 0 Å². The van der Waals surface area contributed by atoms with Gasteiger partial charge in [0.15, 0.2) is 10.8 Å². The summed E-state index contributed by atoms with van der Waals surface area (Å²) in [7, 11) is 0. The second-order valence-corrected chi connectivity index (χ2v) is 11.3. The van der Waals surface area contributed by atoms with Gasteiger partial charge in [0.1, 0.15) is 5.82 Å². The molecule has 0 unspecified atom stereocenters. The molecule has 1 aliphatic carbocycles. The van der Waals surface area contributed by atoms with Crippen LogP contribution >= 0.6 is 23.4 Å². The number of thioether (sulfide) groups is 1. The quantitative estimate of drug-likeness (QED) is 0.192. The van der Waals surface area contributed by atoms with Gasteiger partial charge in [0, 0.05) is 30.0 Å². The molecule has 1 saturated carbocycles. The summed E-state index contributed by atoms with van der Waals surface area (Å²) in [5.41, 5.74) is 1.31. The number of amides is 1. The third-order valence-electron chi connectivity index (χ3n) is 6.46. The van der Waals surface area contributed by atoms with E-state index in [9.17, 15) is 4.79 Å². The van der Waals surface area contributed by atoms with E-state index >= 15 is 0 Å². The molecule has 1 amide bonds. The molecule has 0 atom stereocenters. The zero-order valence-electron chi connectivity index (χ0n) is 21.2. The number of rotatable bonds is 12. The highest BCUT2D eigenvalue weighted by Gasteiger charge is 2.42. The number of carbonyl (C=O) groups excluding carboxylic acids is 1. The van der Waals surface area contributed by atoms with Crippen molar-refractivity contribution in [2.24, 2.45) is 0 Å². The maximum Gasteiger partial charge on any atom is 0.230 e. The van der Waals surface area contributed by atoms with Gasteiger partial charge in [-0.1, -0.05) is 62.2 Å². The van der Waals surface area contributed by atoms with Crippen molar-refractivity contribution in [2.75, 3.05) is 31.6 Å². The molecular formula is C26H35ClN6O2S. The lowest BCUT2D eigenvalue weighted by molar-refractivity contribution is -0.126. The van der Waals surface area contributed by atoms with E-state index in [1.807, 2.05) is 35.9 Å². The molecule has 2 aromatic heterocycles. The van der Waals surface area contributed by atoms with Gasteiger partial charge in [0.25, 0.3) is 0 Å². The van der Waals surface area contributed by atoms with Gasteiger partial charge in [0.05, 0.1) is 30.1 Å². The number of benzene rings is 1. The molecule has 4 rings (SSSR count). The molecule has 2 N–H and O–H groups in total. The van der Waals surface area contributed by atoms with Crippen molar-refractivity contribution in [2.45, 2.75) is 68.8 Å². The van der Waals surface area contributed by atoms with Gasteiger partial charge in [0.2, 0.25) is 5.91 Å². The molecule has 8 nitrogen and oxygen atoms in total. The fourth-order valence-corrected chi connectivity index (χ4v) is 5.55. The lowest BCUT2D eigenvalue weighted by atomic mass is 9.78. The lowest BCUT2D eigenvalue weighted by Crippen LogP contribution is -2.43. The monoisotopic (exact) mass is 530 g/mol. The average molecular weight is 531 g/mol. The third-order valence-corrected chi connectivity index (χ3v) is 7.57. The van der Waals surface area contributed by atoms with Crippen LogP contribution in [-0.4, -0.2) is 57.2 Å². The number of halogens is 1. The van der Waals surface area contributed by atoms with Crippen LogP contribution in [0.5, 0.6) is 0 Å². The Hall–Kier alpha value is -2.36. The minimum absolute atomic E-state index is 0.0720. The highest BCUT2D eigenvalue weighted by atomic mass is 35.5. The zero-order valence-corrected chi connectivity index (χ0v) is 22.8. The van der Waals surface area contributed by atoms with Crippen molar-refractivity contribution in [1.29, 1.82) is 0 Å². The fraction of sp³-hybridized carbons (Fsp3) is 0.538. The number of ether oxygens (including phenoxy) is 1. The number of nitrogens with zero attached hydrogens (tertiary/aromatic N) is 4. The molecule has 194 valence electrons. The second-order valence-electron chi connectivity index (χ2n) is 9.30. The fourth-order valence-electron chi connectivity index (χ4n) is 4.72. The number of hydrogen-bond donors (Lipinski definition) is 2. The summed E-state index contributed by atoms with van der Waals surface area (Å²) in [6.45, 7) is 9.14. The first-order valence-electron chi connectivity index (χ1n) is 12.7. The minimum Gasteiger partial charge on any atom is -0.380 e. The minimum atomic E-state index is -0.488. The van der Waals surface area contributed by atoms with E-state index in [-0.39, 0.29) is 5.91 Å². The Balaban J connectivity index is 1.48. The molecule has 0 aliphatic heterocycles. The molecule has 1 aromatic carbocycles. The van der Waals surface area contributed by atoms with Gasteiger partial charge in [-0.15, -0.1) is 0 Å². The molecule has 1 fully saturated rings. The molecular weight excluding hydrogens is 496 g/mol. The number of anilines is 1. The van der Waals surface area contributed by atoms with E-state index in [1.54, 1.807) is 18.0 Å². The molecule has 0 bridgehead atoms. The van der Waals surface area contributed by atoms with Gasteiger partial charge >= 0.3 is 0 Å². The molecule has 10 heteroatoms. The number of fused-ring (bicyclic) bond motifs is 1. The number of hydrogen-bond acceptors (Lipinski definition) is 7. The maximum absolute atomic E-state index is 13.4. The SMILES string of the molecule is CCOCCNc1nc(SC(C)C)nc2c1cnn2CCNC(=O)C1(c2ccc(Cl)cc2)CCCC1. The summed E-state index contributed by atoms with van der Waals surface area (Å²) in [4.78, 5) is 22.9. The lowest BCUT2D eigenvalue weighted by Gasteiger charge is -2.28. The standard InChI is InChI=1S/C26H35ClN6O2S/c1-4-35-16-14-28-22-21-17-30-33(23(21)32-25(31-22)36-18(2)3)15-13-29-24(34)26(11-5-6-12-26)19-7-9-20(27)10-8-19/h7-10,17-18H,4-6,11-16H2,1-3H3,(H,29,34)(H,28,31,32). The summed E-state index contributed by atoms with van der Waals surface area (Å²) in [6, 6.07) is 7.71. The Morgan fingerprint density at radius 1 is 1.19 bits per heavy atom. The second kappa shape index (κ2) is 12.3. The molecule has 1 aliphatic rings. The molecule has 0 radical (unpaired) electrons. The van der Waals surface area contributed by atoms with Crippen LogP contribution in [-0.2, 0) is 21.5 Å². The van der Waals surface area contributed by atoms with Crippen molar-refractivity contribution in [3.8, 4) is 0 Å². The summed E-state index contributed by atoms with van der Waals surface area (Å²) < 4.78 is 7.30. The van der Waals surface area contributed by atoms with Crippen LogP contribution in [0.15, 0.2) is 35.6 Å². The normalized spacial score (nSPS) is 15.0. The molecule has 2 heterocycles. The Morgan fingerprint density at radius 2 is 1.94 bits per heavy atom. The van der Waals surface area contributed by atoms with Gasteiger partial charge < -0.3 is 15.4 Å². The van der Waals surface area contributed by atoms with Crippen LogP contribution < -0.4 is 10.6 Å². The van der Waals surface area contributed by atoms with Crippen molar-refractivity contribution < 1.29 is 9.53 Å². The smallest absolute Gasteiger partial charge is 0.230 e. The molecule has 0 spiro atoms. The molecule has 3 aromatic rings. The van der Waals surface area contributed by atoms with E-state index < -0.39 is 5.41 Å². The van der Waals surface area contributed by atoms with Crippen LogP contribution in [0.25, 0.3) is 11.0 Å². The predicted octanol–water partition coefficient (Wildman–Crippen LogP) is 5.06. The summed E-state index contributed by atoms with van der Waals surface area (Å²) in [5.74, 6) is 0.827. The number of aromatic nitrogens is 4. The summed E-state index contributed by atoms with van der Waals surface area (Å²) in [5, 5.41) is 13.7. The van der Waals surface area contributed by atoms with Crippen molar-refractivity contribution in [3.05, 3.63) is 41.0 Å². The Kier molecular flexibility index (Phi) is 9.09. The van der Waals surface area contributed by atoms with E-state index in [0.717, 1.165) is 48.1 Å². The Labute approximate surface area is 221 Å². The van der Waals surface area contributed by atoms with Crippen molar-refractivity contribution >= 4 is 46.1 Å². The van der Waals surface area contributed by atoms with E-state index in [4.69, 9.17) is 26.3 Å². The molecule has 36 heavy (non-hydrogen) atoms. The highest BCUT2D eigenvalue weighted by Crippen LogP contribution is 2.41. The van der Waals surface area contributed by atoms with Crippen LogP contribution in [0.4, 0.5) is 5.82 Å². The maximum atomic E-state index is 13.4. The van der Waals surface area contributed by atoms with Gasteiger partial charge in [-0.2, -0.15) is 5.10 Å². The van der Waals surface area contributed by atoms with Crippen LogP contribution in [0.3, 0.4) is 0 Å². The molecule has 0 saturated heterocycles. The first kappa shape index (κ1) is 26.7. The van der Waals surface area contributed by atoms with Gasteiger partial charge in [-0.25, -0.2) is 14.6 Å². The van der Waals surface area contributed by atoms with Crippen LogP contribution in [0.1, 0.15) is 52.0 Å². The van der Waals surface area contributed by atoms with E-state index in [0.29, 0.717) is 48.3 Å². The highest BCUT2D eigenvalue weighted by molar-refractivity contribution is 7.99. The van der Waals surface area contributed by atoms with Crippen molar-refractivity contribution in [1.82, 2.24) is 25.1 Å². The largest absolute Gasteiger partial charge is 0.380 e. The summed E-state index contributed by atoms with van der Waals surface area (Å²) in [6.07, 6.45) is 5.59. The van der Waals surface area contributed by atoms with E-state index in [2.05, 4.69) is 29.6 Å². The first-order valence-corrected chi connectivity index (χ1v) is 13.9. The number of nitrogens with one attached hydrogen (secondary N) is 2. The van der Waals surface area contributed by atoms with Crippen LogP contribution in [0, 0.1) is 0 Å². The number of carbonyl (C=O) groups is 1. The van der Waals surface area contributed by atoms with Gasteiger partial charge in [-0.3, -0.25) is 4.79 Å². The predicted molar refractivity (Wildman–Crippen MR) is 146 cm³/mol. The zero-order chi connectivity index (χ0) is 25.5. The topological polar surface area (TPSA) is 94.0 Å². The summed E-state index contributed by atoms with van der Waals surface area (Å²) >= 11 is 7.70. The Morgan fingerprint density at radius 3 is 2.64 bits per heavy atom. The average Bonchev–Trinajstić information content (AvgIpc) is 3.50. The Bertz CT molecular complexity index is 1160. The van der Waals surface area contributed by atoms with E-state index in [1.165, 1.54) is 0 Å².